The average molecular weight is 348 g/mol. The van der Waals surface area contributed by atoms with Crippen LogP contribution in [0, 0.1) is 5.41 Å². The van der Waals surface area contributed by atoms with Crippen molar-refractivity contribution in [2.75, 3.05) is 6.61 Å². The van der Waals surface area contributed by atoms with E-state index in [1.165, 1.54) is 0 Å². The number of hydrogen-bond acceptors (Lipinski definition) is 3. The van der Waals surface area contributed by atoms with Crippen molar-refractivity contribution in [3.05, 3.63) is 52.8 Å². The first kappa shape index (κ1) is 17.0. The van der Waals surface area contributed by atoms with Crippen LogP contribution in [0.15, 0.2) is 36.7 Å². The van der Waals surface area contributed by atoms with E-state index in [1.54, 1.807) is 17.1 Å². The maximum atomic E-state index is 12.5. The van der Waals surface area contributed by atoms with Crippen LogP contribution in [-0.4, -0.2) is 33.4 Å². The predicted octanol–water partition coefficient (Wildman–Crippen LogP) is 2.87. The first-order chi connectivity index (χ1) is 11.5. The van der Waals surface area contributed by atoms with Crippen molar-refractivity contribution in [3.8, 4) is 0 Å². The summed E-state index contributed by atoms with van der Waals surface area (Å²) in [6.45, 7) is 2.63. The number of amides is 1. The maximum Gasteiger partial charge on any atom is 0.254 e. The van der Waals surface area contributed by atoms with E-state index in [9.17, 15) is 9.90 Å². The highest BCUT2D eigenvalue weighted by Crippen LogP contribution is 2.37. The first-order valence-corrected chi connectivity index (χ1v) is 8.57. The molecule has 0 bridgehead atoms. The van der Waals surface area contributed by atoms with Crippen LogP contribution in [0.3, 0.4) is 0 Å². The van der Waals surface area contributed by atoms with Crippen LogP contribution in [0.2, 0.25) is 5.02 Å². The van der Waals surface area contributed by atoms with Gasteiger partial charge in [-0.1, -0.05) is 43.1 Å². The molecule has 2 unspecified atom stereocenters. The summed E-state index contributed by atoms with van der Waals surface area (Å²) in [6.07, 6.45) is 6.14. The number of carbonyl (C=O) groups is 1. The second-order valence-corrected chi connectivity index (χ2v) is 7.16. The van der Waals surface area contributed by atoms with Crippen molar-refractivity contribution in [2.24, 2.45) is 5.41 Å². The van der Waals surface area contributed by atoms with Crippen molar-refractivity contribution in [1.82, 2.24) is 15.1 Å². The van der Waals surface area contributed by atoms with E-state index < -0.39 is 0 Å². The van der Waals surface area contributed by atoms with E-state index in [-0.39, 0.29) is 24.0 Å². The number of halogens is 1. The zero-order valence-corrected chi connectivity index (χ0v) is 14.5. The van der Waals surface area contributed by atoms with E-state index in [0.29, 0.717) is 17.1 Å². The number of hydrogen-bond donors (Lipinski definition) is 2. The van der Waals surface area contributed by atoms with Crippen molar-refractivity contribution in [3.63, 3.8) is 0 Å². The van der Waals surface area contributed by atoms with Crippen LogP contribution in [0.4, 0.5) is 0 Å². The van der Waals surface area contributed by atoms with Crippen LogP contribution >= 0.6 is 11.6 Å². The molecule has 5 nitrogen and oxygen atoms in total. The van der Waals surface area contributed by atoms with Crippen molar-refractivity contribution in [2.45, 2.75) is 38.8 Å². The zero-order valence-electron chi connectivity index (χ0n) is 13.7. The molecule has 1 amide bonds. The van der Waals surface area contributed by atoms with Gasteiger partial charge in [-0.2, -0.15) is 5.10 Å². The number of benzene rings is 1. The Kier molecular flexibility index (Phi) is 4.92. The summed E-state index contributed by atoms with van der Waals surface area (Å²) in [5, 5.41) is 17.6. The SMILES string of the molecule is CC1(CO)CCCC1NC(=O)c1cnn(Cc2ccccc2Cl)c1. The van der Waals surface area contributed by atoms with E-state index in [1.807, 2.05) is 31.2 Å². The molecule has 3 rings (SSSR count). The summed E-state index contributed by atoms with van der Waals surface area (Å²) in [5.41, 5.74) is 1.25. The van der Waals surface area contributed by atoms with Gasteiger partial charge < -0.3 is 10.4 Å². The second-order valence-electron chi connectivity index (χ2n) is 6.75. The Labute approximate surface area is 146 Å². The van der Waals surface area contributed by atoms with Gasteiger partial charge in [0.05, 0.1) is 24.9 Å². The molecule has 1 heterocycles. The van der Waals surface area contributed by atoms with Gasteiger partial charge in [-0.05, 0) is 24.5 Å². The molecule has 128 valence electrons. The van der Waals surface area contributed by atoms with Gasteiger partial charge in [0.2, 0.25) is 0 Å². The molecule has 0 spiro atoms. The van der Waals surface area contributed by atoms with Crippen LogP contribution in [0.25, 0.3) is 0 Å². The van der Waals surface area contributed by atoms with E-state index >= 15 is 0 Å². The Morgan fingerprint density at radius 3 is 3.04 bits per heavy atom. The van der Waals surface area contributed by atoms with E-state index in [2.05, 4.69) is 10.4 Å². The van der Waals surface area contributed by atoms with Crippen molar-refractivity contribution in [1.29, 1.82) is 0 Å². The van der Waals surface area contributed by atoms with Crippen LogP contribution in [0.1, 0.15) is 42.1 Å². The zero-order chi connectivity index (χ0) is 17.2. The Morgan fingerprint density at radius 2 is 2.29 bits per heavy atom. The van der Waals surface area contributed by atoms with Gasteiger partial charge in [0.25, 0.3) is 5.91 Å². The van der Waals surface area contributed by atoms with Gasteiger partial charge in [0.1, 0.15) is 0 Å². The monoisotopic (exact) mass is 347 g/mol. The standard InChI is InChI=1S/C18H22ClN3O2/c1-18(12-23)8-4-7-16(18)21-17(24)14-9-20-22(11-14)10-13-5-2-3-6-15(13)19/h2-3,5-6,9,11,16,23H,4,7-8,10,12H2,1H3,(H,21,24). The van der Waals surface area contributed by atoms with Crippen LogP contribution in [0.5, 0.6) is 0 Å². The number of nitrogens with one attached hydrogen (secondary N) is 1. The van der Waals surface area contributed by atoms with E-state index in [4.69, 9.17) is 11.6 Å². The molecule has 2 aromatic rings. The Hall–Kier alpha value is -1.85. The first-order valence-electron chi connectivity index (χ1n) is 8.19. The quantitative estimate of drug-likeness (QED) is 0.874. The number of aliphatic hydroxyl groups is 1. The molecule has 1 saturated carbocycles. The Morgan fingerprint density at radius 1 is 1.50 bits per heavy atom. The topological polar surface area (TPSA) is 67.2 Å². The van der Waals surface area contributed by atoms with Gasteiger partial charge >= 0.3 is 0 Å². The molecular weight excluding hydrogens is 326 g/mol. The largest absolute Gasteiger partial charge is 0.396 e. The Balaban J connectivity index is 1.67. The van der Waals surface area contributed by atoms with Crippen molar-refractivity contribution >= 4 is 17.5 Å². The molecule has 6 heteroatoms. The highest BCUT2D eigenvalue weighted by molar-refractivity contribution is 6.31. The fourth-order valence-corrected chi connectivity index (χ4v) is 3.47. The summed E-state index contributed by atoms with van der Waals surface area (Å²) in [5.74, 6) is -0.146. The lowest BCUT2D eigenvalue weighted by molar-refractivity contribution is 0.0830. The molecule has 0 radical (unpaired) electrons. The molecule has 0 aliphatic heterocycles. The number of aliphatic hydroxyl groups excluding tert-OH is 1. The third-order valence-corrected chi connectivity index (χ3v) is 5.30. The highest BCUT2D eigenvalue weighted by atomic mass is 35.5. The van der Waals surface area contributed by atoms with Gasteiger partial charge in [-0.15, -0.1) is 0 Å². The van der Waals surface area contributed by atoms with E-state index in [0.717, 1.165) is 24.8 Å². The smallest absolute Gasteiger partial charge is 0.254 e. The van der Waals surface area contributed by atoms with Crippen LogP contribution in [-0.2, 0) is 6.54 Å². The second kappa shape index (κ2) is 6.95. The maximum absolute atomic E-state index is 12.5. The van der Waals surface area contributed by atoms with Crippen molar-refractivity contribution < 1.29 is 9.90 Å². The predicted molar refractivity (Wildman–Crippen MR) is 93.1 cm³/mol. The molecule has 1 aromatic carbocycles. The fraction of sp³-hybridized carbons (Fsp3) is 0.444. The minimum atomic E-state index is -0.233. The fourth-order valence-electron chi connectivity index (χ4n) is 3.28. The van der Waals surface area contributed by atoms with Gasteiger partial charge in [0.15, 0.2) is 0 Å². The molecule has 1 aliphatic rings. The summed E-state index contributed by atoms with van der Waals surface area (Å²) in [7, 11) is 0. The summed E-state index contributed by atoms with van der Waals surface area (Å²) < 4.78 is 1.70. The molecule has 1 aliphatic carbocycles. The third kappa shape index (κ3) is 3.47. The third-order valence-electron chi connectivity index (χ3n) is 4.93. The van der Waals surface area contributed by atoms with Crippen LogP contribution < -0.4 is 5.32 Å². The average Bonchev–Trinajstić information content (AvgIpc) is 3.18. The molecule has 1 aromatic heterocycles. The van der Waals surface area contributed by atoms with Gasteiger partial charge in [-0.25, -0.2) is 0 Å². The lowest BCUT2D eigenvalue weighted by Crippen LogP contribution is -2.44. The molecule has 24 heavy (non-hydrogen) atoms. The summed E-state index contributed by atoms with van der Waals surface area (Å²) in [6, 6.07) is 7.59. The molecule has 2 N–H and O–H groups in total. The number of aromatic nitrogens is 2. The molecular formula is C18H22ClN3O2. The minimum Gasteiger partial charge on any atom is -0.396 e. The highest BCUT2D eigenvalue weighted by Gasteiger charge is 2.39. The lowest BCUT2D eigenvalue weighted by atomic mass is 9.85. The molecule has 1 fully saturated rings. The van der Waals surface area contributed by atoms with Gasteiger partial charge in [0, 0.05) is 22.7 Å². The summed E-state index contributed by atoms with van der Waals surface area (Å²) in [4.78, 5) is 12.5. The number of carbonyl (C=O) groups excluding carboxylic acids is 1. The Bertz CT molecular complexity index is 731. The number of rotatable bonds is 5. The normalized spacial score (nSPS) is 23.4. The molecule has 2 atom stereocenters. The number of nitrogens with zero attached hydrogens (tertiary/aromatic N) is 2. The minimum absolute atomic E-state index is 0.00178. The van der Waals surface area contributed by atoms with Gasteiger partial charge in [-0.3, -0.25) is 9.48 Å². The molecule has 0 saturated heterocycles. The summed E-state index contributed by atoms with van der Waals surface area (Å²) >= 11 is 6.16. The lowest BCUT2D eigenvalue weighted by Gasteiger charge is -2.29.